The van der Waals surface area contributed by atoms with Crippen molar-refractivity contribution in [1.29, 1.82) is 0 Å². The molecule has 0 N–H and O–H groups in total. The number of benzene rings is 1. The summed E-state index contributed by atoms with van der Waals surface area (Å²) in [5, 5.41) is 0.911. The van der Waals surface area contributed by atoms with E-state index in [1.807, 2.05) is 31.1 Å². The maximum absolute atomic E-state index is 5.32. The summed E-state index contributed by atoms with van der Waals surface area (Å²) in [7, 11) is 7.12. The van der Waals surface area contributed by atoms with Gasteiger partial charge in [-0.2, -0.15) is 0 Å². The molecule has 0 aliphatic rings. The summed E-state index contributed by atoms with van der Waals surface area (Å²) >= 11 is 0. The molecule has 1 aromatic heterocycles. The first kappa shape index (κ1) is 11.4. The normalized spacial score (nSPS) is 10.4. The summed E-state index contributed by atoms with van der Waals surface area (Å²) in [5.41, 5.74) is 0.784. The van der Waals surface area contributed by atoms with Gasteiger partial charge < -0.3 is 14.4 Å². The van der Waals surface area contributed by atoms with Gasteiger partial charge in [0.15, 0.2) is 0 Å². The molecule has 0 aliphatic heterocycles. The molecule has 0 saturated carbocycles. The predicted molar refractivity (Wildman–Crippen MR) is 67.0 cm³/mol. The molecule has 0 aliphatic carbocycles. The van der Waals surface area contributed by atoms with Crippen LogP contribution in [0, 0.1) is 0 Å². The number of nitrogens with zero attached hydrogens (tertiary/aromatic N) is 3. The number of fused-ring (bicyclic) bond motifs is 1. The minimum atomic E-state index is 0.685. The van der Waals surface area contributed by atoms with E-state index in [-0.39, 0.29) is 0 Å². The lowest BCUT2D eigenvalue weighted by Crippen LogP contribution is -2.11. The average molecular weight is 233 g/mol. The van der Waals surface area contributed by atoms with Gasteiger partial charge in [0.2, 0.25) is 0 Å². The molecule has 0 saturated heterocycles. The molecule has 90 valence electrons. The highest BCUT2D eigenvalue weighted by atomic mass is 16.5. The third-order valence-corrected chi connectivity index (χ3v) is 2.54. The van der Waals surface area contributed by atoms with Gasteiger partial charge in [0.1, 0.15) is 29.2 Å². The third-order valence-electron chi connectivity index (χ3n) is 2.54. The number of methoxy groups -OCH3 is 2. The van der Waals surface area contributed by atoms with Crippen LogP contribution in [0.25, 0.3) is 10.9 Å². The Morgan fingerprint density at radius 2 is 1.82 bits per heavy atom. The number of hydrogen-bond acceptors (Lipinski definition) is 5. The van der Waals surface area contributed by atoms with Gasteiger partial charge in [-0.05, 0) is 6.07 Å². The topological polar surface area (TPSA) is 47.5 Å². The Balaban J connectivity index is 2.79. The van der Waals surface area contributed by atoms with Gasteiger partial charge in [-0.3, -0.25) is 0 Å². The van der Waals surface area contributed by atoms with Gasteiger partial charge in [-0.15, -0.1) is 0 Å². The maximum atomic E-state index is 5.32. The fourth-order valence-corrected chi connectivity index (χ4v) is 1.73. The standard InChI is InChI=1S/C12H15N3O2/c1-15(2)12-9-5-8(16-3)6-10(17-4)11(9)13-7-14-12/h5-7H,1-4H3. The number of rotatable bonds is 3. The molecule has 0 bridgehead atoms. The molecule has 0 unspecified atom stereocenters. The van der Waals surface area contributed by atoms with Crippen LogP contribution >= 0.6 is 0 Å². The Bertz CT molecular complexity index is 541. The molecule has 2 rings (SSSR count). The lowest BCUT2D eigenvalue weighted by Gasteiger charge is -2.15. The van der Waals surface area contributed by atoms with Crippen LogP contribution < -0.4 is 14.4 Å². The molecule has 1 heterocycles. The molecule has 1 aromatic carbocycles. The van der Waals surface area contributed by atoms with Crippen molar-refractivity contribution in [2.45, 2.75) is 0 Å². The molecule has 17 heavy (non-hydrogen) atoms. The second-order valence-corrected chi connectivity index (χ2v) is 3.82. The summed E-state index contributed by atoms with van der Waals surface area (Å²) in [6.45, 7) is 0. The van der Waals surface area contributed by atoms with E-state index in [0.29, 0.717) is 5.75 Å². The highest BCUT2D eigenvalue weighted by molar-refractivity contribution is 5.94. The van der Waals surface area contributed by atoms with Crippen molar-refractivity contribution in [2.75, 3.05) is 33.2 Å². The van der Waals surface area contributed by atoms with Crippen molar-refractivity contribution >= 4 is 16.7 Å². The molecule has 0 atom stereocenters. The molecule has 2 aromatic rings. The molecule has 5 heteroatoms. The lowest BCUT2D eigenvalue weighted by molar-refractivity contribution is 0.397. The smallest absolute Gasteiger partial charge is 0.148 e. The van der Waals surface area contributed by atoms with Gasteiger partial charge in [0.25, 0.3) is 0 Å². The summed E-state index contributed by atoms with van der Waals surface area (Å²) in [6.07, 6.45) is 1.53. The Morgan fingerprint density at radius 3 is 2.41 bits per heavy atom. The number of hydrogen-bond donors (Lipinski definition) is 0. The van der Waals surface area contributed by atoms with E-state index in [1.54, 1.807) is 14.2 Å². The summed E-state index contributed by atoms with van der Waals surface area (Å²) in [4.78, 5) is 10.4. The van der Waals surface area contributed by atoms with Crippen molar-refractivity contribution < 1.29 is 9.47 Å². The van der Waals surface area contributed by atoms with Gasteiger partial charge >= 0.3 is 0 Å². The van der Waals surface area contributed by atoms with E-state index in [0.717, 1.165) is 22.5 Å². The molecule has 0 fully saturated rings. The van der Waals surface area contributed by atoms with Gasteiger partial charge in [0, 0.05) is 20.2 Å². The van der Waals surface area contributed by atoms with E-state index < -0.39 is 0 Å². The fourth-order valence-electron chi connectivity index (χ4n) is 1.73. The zero-order valence-corrected chi connectivity index (χ0v) is 10.4. The quantitative estimate of drug-likeness (QED) is 0.807. The van der Waals surface area contributed by atoms with E-state index in [9.17, 15) is 0 Å². The van der Waals surface area contributed by atoms with Crippen LogP contribution in [-0.4, -0.2) is 38.3 Å². The summed E-state index contributed by atoms with van der Waals surface area (Å²) < 4.78 is 10.6. The second-order valence-electron chi connectivity index (χ2n) is 3.82. The van der Waals surface area contributed by atoms with E-state index in [4.69, 9.17) is 9.47 Å². The van der Waals surface area contributed by atoms with Crippen LogP contribution in [0.4, 0.5) is 5.82 Å². The molecular formula is C12H15N3O2. The molecule has 0 radical (unpaired) electrons. The highest BCUT2D eigenvalue weighted by Crippen LogP contribution is 2.33. The monoisotopic (exact) mass is 233 g/mol. The van der Waals surface area contributed by atoms with E-state index in [1.165, 1.54) is 6.33 Å². The SMILES string of the molecule is COc1cc(OC)c2ncnc(N(C)C)c2c1. The fraction of sp³-hybridized carbons (Fsp3) is 0.333. The number of anilines is 1. The van der Waals surface area contributed by atoms with Crippen molar-refractivity contribution in [2.24, 2.45) is 0 Å². The first-order chi connectivity index (χ1) is 8.17. The van der Waals surface area contributed by atoms with E-state index >= 15 is 0 Å². The van der Waals surface area contributed by atoms with Gasteiger partial charge in [-0.1, -0.05) is 0 Å². The first-order valence-corrected chi connectivity index (χ1v) is 5.21. The minimum Gasteiger partial charge on any atom is -0.497 e. The molecule has 0 amide bonds. The number of ether oxygens (including phenoxy) is 2. The van der Waals surface area contributed by atoms with Gasteiger partial charge in [-0.25, -0.2) is 9.97 Å². The number of aromatic nitrogens is 2. The van der Waals surface area contributed by atoms with Crippen LogP contribution in [0.1, 0.15) is 0 Å². The minimum absolute atomic E-state index is 0.685. The van der Waals surface area contributed by atoms with Crippen LogP contribution in [0.5, 0.6) is 11.5 Å². The lowest BCUT2D eigenvalue weighted by atomic mass is 10.2. The predicted octanol–water partition coefficient (Wildman–Crippen LogP) is 1.71. The Labute approximate surface area is 100.0 Å². The maximum Gasteiger partial charge on any atom is 0.148 e. The first-order valence-electron chi connectivity index (χ1n) is 5.21. The largest absolute Gasteiger partial charge is 0.497 e. The van der Waals surface area contributed by atoms with Crippen LogP contribution in [0.2, 0.25) is 0 Å². The van der Waals surface area contributed by atoms with Crippen molar-refractivity contribution in [1.82, 2.24) is 9.97 Å². The van der Waals surface area contributed by atoms with Gasteiger partial charge in [0.05, 0.1) is 19.6 Å². The molecule has 0 spiro atoms. The third kappa shape index (κ3) is 1.95. The van der Waals surface area contributed by atoms with Crippen LogP contribution in [-0.2, 0) is 0 Å². The molecule has 5 nitrogen and oxygen atoms in total. The highest BCUT2D eigenvalue weighted by Gasteiger charge is 2.11. The van der Waals surface area contributed by atoms with Crippen molar-refractivity contribution in [3.05, 3.63) is 18.5 Å². The van der Waals surface area contributed by atoms with Crippen LogP contribution in [0.3, 0.4) is 0 Å². The Morgan fingerprint density at radius 1 is 1.06 bits per heavy atom. The average Bonchev–Trinajstić information content (AvgIpc) is 2.36. The van der Waals surface area contributed by atoms with E-state index in [2.05, 4.69) is 9.97 Å². The molecular weight excluding hydrogens is 218 g/mol. The summed E-state index contributed by atoms with van der Waals surface area (Å²) in [6, 6.07) is 3.72. The second kappa shape index (κ2) is 4.45. The van der Waals surface area contributed by atoms with Crippen molar-refractivity contribution in [3.63, 3.8) is 0 Å². The summed E-state index contributed by atoms with van der Waals surface area (Å²) in [5.74, 6) is 2.25. The Kier molecular flexibility index (Phi) is 2.99. The zero-order valence-electron chi connectivity index (χ0n) is 10.4. The Hall–Kier alpha value is -2.04. The van der Waals surface area contributed by atoms with Crippen LogP contribution in [0.15, 0.2) is 18.5 Å². The van der Waals surface area contributed by atoms with Crippen molar-refractivity contribution in [3.8, 4) is 11.5 Å². The zero-order chi connectivity index (χ0) is 12.4.